The first kappa shape index (κ1) is 14.2. The van der Waals surface area contributed by atoms with Crippen LogP contribution >= 0.6 is 11.6 Å². The standard InChI is InChI=1S/C15H21ClN2O/c1-18(15(19)11-5-3-2-4-6-11)10-12-9-13(17)7-8-14(12)16/h7-9,11H,2-6,10,17H2,1H3. The summed E-state index contributed by atoms with van der Waals surface area (Å²) in [5, 5.41) is 0.664. The van der Waals surface area contributed by atoms with Crippen molar-refractivity contribution >= 4 is 23.2 Å². The Bertz CT molecular complexity index is 455. The highest BCUT2D eigenvalue weighted by Crippen LogP contribution is 2.26. The smallest absolute Gasteiger partial charge is 0.225 e. The number of carbonyl (C=O) groups is 1. The first-order chi connectivity index (χ1) is 9.08. The van der Waals surface area contributed by atoms with E-state index in [1.54, 1.807) is 17.0 Å². The van der Waals surface area contributed by atoms with Gasteiger partial charge < -0.3 is 10.6 Å². The van der Waals surface area contributed by atoms with Crippen molar-refractivity contribution in [3.63, 3.8) is 0 Å². The molecule has 4 heteroatoms. The number of hydrogen-bond acceptors (Lipinski definition) is 2. The summed E-state index contributed by atoms with van der Waals surface area (Å²) in [6, 6.07) is 5.40. The van der Waals surface area contributed by atoms with Gasteiger partial charge in [-0.25, -0.2) is 0 Å². The number of nitrogen functional groups attached to an aromatic ring is 1. The lowest BCUT2D eigenvalue weighted by atomic mass is 9.88. The lowest BCUT2D eigenvalue weighted by Gasteiger charge is -2.26. The lowest BCUT2D eigenvalue weighted by Crippen LogP contribution is -2.33. The van der Waals surface area contributed by atoms with Crippen LogP contribution in [0.3, 0.4) is 0 Å². The van der Waals surface area contributed by atoms with Crippen LogP contribution in [0.2, 0.25) is 5.02 Å². The SMILES string of the molecule is CN(Cc1cc(N)ccc1Cl)C(=O)C1CCCCC1. The van der Waals surface area contributed by atoms with Gasteiger partial charge in [-0.1, -0.05) is 30.9 Å². The van der Waals surface area contributed by atoms with Crippen molar-refractivity contribution in [2.75, 3.05) is 12.8 Å². The molecule has 0 spiro atoms. The summed E-state index contributed by atoms with van der Waals surface area (Å²) >= 11 is 6.14. The molecule has 0 aliphatic heterocycles. The van der Waals surface area contributed by atoms with Crippen molar-refractivity contribution in [1.29, 1.82) is 0 Å². The van der Waals surface area contributed by atoms with E-state index in [-0.39, 0.29) is 11.8 Å². The van der Waals surface area contributed by atoms with Gasteiger partial charge in [0.25, 0.3) is 0 Å². The fraction of sp³-hybridized carbons (Fsp3) is 0.533. The fourth-order valence-electron chi connectivity index (χ4n) is 2.71. The maximum Gasteiger partial charge on any atom is 0.225 e. The van der Waals surface area contributed by atoms with Crippen LogP contribution < -0.4 is 5.73 Å². The van der Waals surface area contributed by atoms with Crippen molar-refractivity contribution in [2.24, 2.45) is 5.92 Å². The molecule has 0 bridgehead atoms. The predicted molar refractivity (Wildman–Crippen MR) is 78.9 cm³/mol. The average molecular weight is 281 g/mol. The maximum absolute atomic E-state index is 12.4. The fourth-order valence-corrected chi connectivity index (χ4v) is 2.89. The Balaban J connectivity index is 2.01. The Labute approximate surface area is 119 Å². The van der Waals surface area contributed by atoms with E-state index in [1.807, 2.05) is 13.1 Å². The Kier molecular flexibility index (Phi) is 4.70. The first-order valence-corrected chi connectivity index (χ1v) is 7.24. The number of amides is 1. The second-order valence-corrected chi connectivity index (χ2v) is 5.79. The summed E-state index contributed by atoms with van der Waals surface area (Å²) < 4.78 is 0. The van der Waals surface area contributed by atoms with Crippen LogP contribution in [0.25, 0.3) is 0 Å². The summed E-state index contributed by atoms with van der Waals surface area (Å²) in [5.41, 5.74) is 7.35. The molecule has 1 aliphatic rings. The topological polar surface area (TPSA) is 46.3 Å². The minimum atomic E-state index is 0.193. The zero-order valence-electron chi connectivity index (χ0n) is 11.4. The quantitative estimate of drug-likeness (QED) is 0.862. The van der Waals surface area contributed by atoms with Crippen LogP contribution in [0, 0.1) is 5.92 Å². The van der Waals surface area contributed by atoms with E-state index in [2.05, 4.69) is 0 Å². The molecule has 3 nitrogen and oxygen atoms in total. The summed E-state index contributed by atoms with van der Waals surface area (Å²) in [6.45, 7) is 0.527. The highest BCUT2D eigenvalue weighted by molar-refractivity contribution is 6.31. The number of benzene rings is 1. The molecule has 0 unspecified atom stereocenters. The lowest BCUT2D eigenvalue weighted by molar-refractivity contribution is -0.135. The Hall–Kier alpha value is -1.22. The molecule has 1 saturated carbocycles. The van der Waals surface area contributed by atoms with E-state index in [4.69, 9.17) is 17.3 Å². The minimum absolute atomic E-state index is 0.193. The number of halogens is 1. The number of anilines is 1. The van der Waals surface area contributed by atoms with Crippen LogP contribution in [0.15, 0.2) is 18.2 Å². The average Bonchev–Trinajstić information content (AvgIpc) is 2.43. The number of carbonyl (C=O) groups excluding carboxylic acids is 1. The summed E-state index contributed by atoms with van der Waals surface area (Å²) in [4.78, 5) is 14.1. The molecule has 1 aromatic rings. The molecular weight excluding hydrogens is 260 g/mol. The molecule has 0 atom stereocenters. The molecule has 19 heavy (non-hydrogen) atoms. The van der Waals surface area contributed by atoms with Crippen molar-refractivity contribution in [3.8, 4) is 0 Å². The molecule has 2 rings (SSSR count). The number of rotatable bonds is 3. The zero-order valence-corrected chi connectivity index (χ0v) is 12.1. The molecule has 1 amide bonds. The second-order valence-electron chi connectivity index (χ2n) is 5.38. The van der Waals surface area contributed by atoms with Gasteiger partial charge in [0.1, 0.15) is 0 Å². The van der Waals surface area contributed by atoms with Gasteiger partial charge in [0.15, 0.2) is 0 Å². The van der Waals surface area contributed by atoms with Crippen molar-refractivity contribution in [2.45, 2.75) is 38.6 Å². The van der Waals surface area contributed by atoms with Gasteiger partial charge in [0.05, 0.1) is 0 Å². The van der Waals surface area contributed by atoms with Gasteiger partial charge >= 0.3 is 0 Å². The summed E-state index contributed by atoms with van der Waals surface area (Å²) in [7, 11) is 1.84. The monoisotopic (exact) mass is 280 g/mol. The number of nitrogens with two attached hydrogens (primary N) is 1. The van der Waals surface area contributed by atoms with Crippen LogP contribution in [-0.4, -0.2) is 17.9 Å². The molecule has 1 aliphatic carbocycles. The Morgan fingerprint density at radius 2 is 2.05 bits per heavy atom. The van der Waals surface area contributed by atoms with Crippen LogP contribution in [0.4, 0.5) is 5.69 Å². The van der Waals surface area contributed by atoms with E-state index >= 15 is 0 Å². The summed E-state index contributed by atoms with van der Waals surface area (Å²) in [6.07, 6.45) is 5.64. The van der Waals surface area contributed by atoms with Gasteiger partial charge in [-0.15, -0.1) is 0 Å². The highest BCUT2D eigenvalue weighted by Gasteiger charge is 2.24. The zero-order chi connectivity index (χ0) is 13.8. The third-order valence-electron chi connectivity index (χ3n) is 3.81. The molecule has 0 radical (unpaired) electrons. The molecule has 0 aromatic heterocycles. The van der Waals surface area contributed by atoms with Crippen molar-refractivity contribution in [3.05, 3.63) is 28.8 Å². The van der Waals surface area contributed by atoms with Crippen molar-refractivity contribution in [1.82, 2.24) is 4.90 Å². The van der Waals surface area contributed by atoms with Crippen LogP contribution in [-0.2, 0) is 11.3 Å². The Morgan fingerprint density at radius 1 is 1.37 bits per heavy atom. The van der Waals surface area contributed by atoms with Gasteiger partial charge in [0.2, 0.25) is 5.91 Å². The third-order valence-corrected chi connectivity index (χ3v) is 4.18. The van der Waals surface area contributed by atoms with E-state index < -0.39 is 0 Å². The molecule has 104 valence electrons. The molecule has 1 fully saturated rings. The van der Waals surface area contributed by atoms with Gasteiger partial charge in [0, 0.05) is 30.2 Å². The van der Waals surface area contributed by atoms with E-state index in [0.29, 0.717) is 17.3 Å². The molecule has 1 aromatic carbocycles. The normalized spacial score (nSPS) is 16.3. The van der Waals surface area contributed by atoms with E-state index in [9.17, 15) is 4.79 Å². The first-order valence-electron chi connectivity index (χ1n) is 6.87. The number of nitrogens with zero attached hydrogens (tertiary/aromatic N) is 1. The second kappa shape index (κ2) is 6.29. The Morgan fingerprint density at radius 3 is 2.74 bits per heavy atom. The minimum Gasteiger partial charge on any atom is -0.399 e. The molecule has 2 N–H and O–H groups in total. The van der Waals surface area contributed by atoms with Crippen molar-refractivity contribution < 1.29 is 4.79 Å². The molecule has 0 heterocycles. The van der Waals surface area contributed by atoms with Gasteiger partial charge in [-0.3, -0.25) is 4.79 Å². The maximum atomic E-state index is 12.4. The van der Waals surface area contributed by atoms with Gasteiger partial charge in [-0.2, -0.15) is 0 Å². The highest BCUT2D eigenvalue weighted by atomic mass is 35.5. The predicted octanol–water partition coefficient (Wildman–Crippen LogP) is 3.46. The van der Waals surface area contributed by atoms with E-state index in [1.165, 1.54) is 19.3 Å². The van der Waals surface area contributed by atoms with Crippen LogP contribution in [0.5, 0.6) is 0 Å². The van der Waals surface area contributed by atoms with E-state index in [0.717, 1.165) is 18.4 Å². The van der Waals surface area contributed by atoms with Gasteiger partial charge in [-0.05, 0) is 36.6 Å². The third kappa shape index (κ3) is 3.63. The summed E-state index contributed by atoms with van der Waals surface area (Å²) in [5.74, 6) is 0.428. The van der Waals surface area contributed by atoms with Crippen LogP contribution in [0.1, 0.15) is 37.7 Å². The molecule has 0 saturated heterocycles. The molecular formula is C15H21ClN2O. The number of hydrogen-bond donors (Lipinski definition) is 1. The largest absolute Gasteiger partial charge is 0.399 e.